The van der Waals surface area contributed by atoms with Crippen LogP contribution in [0.1, 0.15) is 15.9 Å². The van der Waals surface area contributed by atoms with Gasteiger partial charge in [-0.05, 0) is 23.8 Å². The Balaban J connectivity index is 1.31. The third-order valence-corrected chi connectivity index (χ3v) is 4.64. The number of ether oxygens (including phenoxy) is 1. The summed E-state index contributed by atoms with van der Waals surface area (Å²) in [7, 11) is 0. The molecular weight excluding hydrogens is 328 g/mol. The first kappa shape index (κ1) is 16.8. The van der Waals surface area contributed by atoms with Gasteiger partial charge in [-0.3, -0.25) is 9.69 Å². The molecule has 1 atom stereocenters. The van der Waals surface area contributed by atoms with Crippen LogP contribution in [0.5, 0.6) is 0 Å². The van der Waals surface area contributed by atoms with Crippen molar-refractivity contribution in [1.29, 1.82) is 0 Å². The molecule has 1 fully saturated rings. The van der Waals surface area contributed by atoms with Crippen molar-refractivity contribution in [3.63, 3.8) is 0 Å². The number of carbonyl (C=O) groups is 1. The molecule has 3 aromatic rings. The molecule has 6 nitrogen and oxygen atoms in total. The number of morpholine rings is 1. The Labute approximate surface area is 152 Å². The van der Waals surface area contributed by atoms with E-state index in [4.69, 9.17) is 4.74 Å². The average molecular weight is 350 g/mol. The summed E-state index contributed by atoms with van der Waals surface area (Å²) in [6, 6.07) is 15.9. The molecule has 2 heterocycles. The number of benzene rings is 2. The van der Waals surface area contributed by atoms with Gasteiger partial charge in [0.25, 0.3) is 5.91 Å². The zero-order chi connectivity index (χ0) is 17.8. The van der Waals surface area contributed by atoms with E-state index in [-0.39, 0.29) is 12.0 Å². The van der Waals surface area contributed by atoms with Gasteiger partial charge in [-0.1, -0.05) is 30.3 Å². The number of amides is 1. The van der Waals surface area contributed by atoms with Crippen LogP contribution in [0.25, 0.3) is 11.0 Å². The lowest BCUT2D eigenvalue weighted by molar-refractivity contribution is -0.0292. The maximum Gasteiger partial charge on any atom is 0.251 e. The van der Waals surface area contributed by atoms with Gasteiger partial charge in [0.2, 0.25) is 0 Å². The predicted octanol–water partition coefficient (Wildman–Crippen LogP) is 2.19. The van der Waals surface area contributed by atoms with Gasteiger partial charge in [-0.25, -0.2) is 4.98 Å². The molecule has 0 bridgehead atoms. The summed E-state index contributed by atoms with van der Waals surface area (Å²) in [5, 5.41) is 2.99. The first-order valence-corrected chi connectivity index (χ1v) is 8.87. The molecule has 0 radical (unpaired) electrons. The van der Waals surface area contributed by atoms with Gasteiger partial charge in [0.05, 0.1) is 30.1 Å². The fraction of sp³-hybridized carbons (Fsp3) is 0.300. The molecule has 134 valence electrons. The molecule has 0 spiro atoms. The standard InChI is InChI=1S/C20H22N4O2/c25-20(16-6-7-18-19(10-16)23-14-22-18)21-11-17-13-24(8-9-26-17)12-15-4-2-1-3-5-15/h1-7,10,14,17H,8-9,11-13H2,(H,21,25)(H,22,23)/t17-/m1/s1. The number of hydrogen-bond acceptors (Lipinski definition) is 4. The molecule has 1 saturated heterocycles. The lowest BCUT2D eigenvalue weighted by atomic mass is 10.1. The molecule has 0 unspecified atom stereocenters. The maximum atomic E-state index is 12.4. The van der Waals surface area contributed by atoms with Crippen LogP contribution in [0.3, 0.4) is 0 Å². The van der Waals surface area contributed by atoms with Crippen LogP contribution in [-0.2, 0) is 11.3 Å². The van der Waals surface area contributed by atoms with Crippen LogP contribution >= 0.6 is 0 Å². The quantitative estimate of drug-likeness (QED) is 0.740. The molecule has 0 aliphatic carbocycles. The Morgan fingerprint density at radius 3 is 3.04 bits per heavy atom. The smallest absolute Gasteiger partial charge is 0.251 e. The van der Waals surface area contributed by atoms with E-state index in [2.05, 4.69) is 44.5 Å². The molecule has 1 aliphatic rings. The first-order valence-electron chi connectivity index (χ1n) is 8.87. The Morgan fingerprint density at radius 1 is 1.27 bits per heavy atom. The highest BCUT2D eigenvalue weighted by Crippen LogP contribution is 2.13. The summed E-state index contributed by atoms with van der Waals surface area (Å²) in [5.74, 6) is -0.0923. The molecule has 1 aliphatic heterocycles. The summed E-state index contributed by atoms with van der Waals surface area (Å²) >= 11 is 0. The number of rotatable bonds is 5. The molecule has 4 rings (SSSR count). The van der Waals surface area contributed by atoms with Crippen LogP contribution in [0.4, 0.5) is 0 Å². The molecule has 2 N–H and O–H groups in total. The summed E-state index contributed by atoms with van der Waals surface area (Å²) in [6.45, 7) is 3.83. The summed E-state index contributed by atoms with van der Waals surface area (Å²) < 4.78 is 5.82. The van der Waals surface area contributed by atoms with Crippen molar-refractivity contribution < 1.29 is 9.53 Å². The van der Waals surface area contributed by atoms with Crippen molar-refractivity contribution in [3.05, 3.63) is 66.0 Å². The molecule has 26 heavy (non-hydrogen) atoms. The van der Waals surface area contributed by atoms with Crippen molar-refractivity contribution in [3.8, 4) is 0 Å². The minimum Gasteiger partial charge on any atom is -0.374 e. The monoisotopic (exact) mass is 350 g/mol. The van der Waals surface area contributed by atoms with Crippen molar-refractivity contribution in [1.82, 2.24) is 20.2 Å². The highest BCUT2D eigenvalue weighted by molar-refractivity contribution is 5.97. The highest BCUT2D eigenvalue weighted by atomic mass is 16.5. The topological polar surface area (TPSA) is 70.2 Å². The van der Waals surface area contributed by atoms with Gasteiger partial charge in [-0.15, -0.1) is 0 Å². The number of carbonyl (C=O) groups excluding carboxylic acids is 1. The third-order valence-electron chi connectivity index (χ3n) is 4.64. The van der Waals surface area contributed by atoms with Gasteiger partial charge in [0.1, 0.15) is 0 Å². The van der Waals surface area contributed by atoms with Crippen LogP contribution in [-0.4, -0.2) is 53.1 Å². The van der Waals surface area contributed by atoms with Crippen LogP contribution in [0, 0.1) is 0 Å². The molecule has 1 amide bonds. The van der Waals surface area contributed by atoms with E-state index in [1.807, 2.05) is 18.2 Å². The number of imidazole rings is 1. The van der Waals surface area contributed by atoms with Gasteiger partial charge in [-0.2, -0.15) is 0 Å². The predicted molar refractivity (Wildman–Crippen MR) is 99.9 cm³/mol. The summed E-state index contributed by atoms with van der Waals surface area (Å²) in [5.41, 5.74) is 3.64. The van der Waals surface area contributed by atoms with E-state index < -0.39 is 0 Å². The van der Waals surface area contributed by atoms with Crippen LogP contribution in [0.15, 0.2) is 54.9 Å². The SMILES string of the molecule is O=C(NC[C@@H]1CN(Cc2ccccc2)CCO1)c1ccc2nc[nH]c2c1. The van der Waals surface area contributed by atoms with Crippen molar-refractivity contribution in [2.24, 2.45) is 0 Å². The van der Waals surface area contributed by atoms with E-state index in [9.17, 15) is 4.79 Å². The normalized spacial score (nSPS) is 18.1. The van der Waals surface area contributed by atoms with Crippen LogP contribution in [0.2, 0.25) is 0 Å². The van der Waals surface area contributed by atoms with E-state index >= 15 is 0 Å². The molecular formula is C20H22N4O2. The number of fused-ring (bicyclic) bond motifs is 1. The van der Waals surface area contributed by atoms with E-state index in [1.54, 1.807) is 12.4 Å². The largest absolute Gasteiger partial charge is 0.374 e. The molecule has 1 aromatic heterocycles. The average Bonchev–Trinajstić information content (AvgIpc) is 3.15. The van der Waals surface area contributed by atoms with Gasteiger partial charge >= 0.3 is 0 Å². The molecule has 6 heteroatoms. The Kier molecular flexibility index (Phi) is 4.95. The Morgan fingerprint density at radius 2 is 2.15 bits per heavy atom. The second kappa shape index (κ2) is 7.68. The third kappa shape index (κ3) is 3.92. The number of aromatic nitrogens is 2. The van der Waals surface area contributed by atoms with Crippen molar-refractivity contribution >= 4 is 16.9 Å². The number of H-pyrrole nitrogens is 1. The fourth-order valence-corrected chi connectivity index (χ4v) is 3.27. The number of nitrogens with one attached hydrogen (secondary N) is 2. The second-order valence-electron chi connectivity index (χ2n) is 6.56. The number of hydrogen-bond donors (Lipinski definition) is 2. The lowest BCUT2D eigenvalue weighted by Gasteiger charge is -2.33. The van der Waals surface area contributed by atoms with E-state index in [0.717, 1.165) is 30.7 Å². The van der Waals surface area contributed by atoms with E-state index in [0.29, 0.717) is 18.7 Å². The second-order valence-corrected chi connectivity index (χ2v) is 6.56. The summed E-state index contributed by atoms with van der Waals surface area (Å²) in [6.07, 6.45) is 1.64. The Bertz CT molecular complexity index is 878. The maximum absolute atomic E-state index is 12.4. The van der Waals surface area contributed by atoms with Gasteiger partial charge in [0, 0.05) is 31.7 Å². The van der Waals surface area contributed by atoms with Crippen LogP contribution < -0.4 is 5.32 Å². The van der Waals surface area contributed by atoms with Gasteiger partial charge < -0.3 is 15.0 Å². The first-order chi connectivity index (χ1) is 12.8. The van der Waals surface area contributed by atoms with Crippen molar-refractivity contribution in [2.45, 2.75) is 12.6 Å². The van der Waals surface area contributed by atoms with Crippen molar-refractivity contribution in [2.75, 3.05) is 26.2 Å². The fourth-order valence-electron chi connectivity index (χ4n) is 3.27. The summed E-state index contributed by atoms with van der Waals surface area (Å²) in [4.78, 5) is 22.0. The Hall–Kier alpha value is -2.70. The molecule has 2 aromatic carbocycles. The highest BCUT2D eigenvalue weighted by Gasteiger charge is 2.21. The zero-order valence-corrected chi connectivity index (χ0v) is 14.5. The van der Waals surface area contributed by atoms with E-state index in [1.165, 1.54) is 5.56 Å². The van der Waals surface area contributed by atoms with Gasteiger partial charge in [0.15, 0.2) is 0 Å². The minimum absolute atomic E-state index is 0.00676. The molecule has 0 saturated carbocycles. The zero-order valence-electron chi connectivity index (χ0n) is 14.5. The number of nitrogens with zero attached hydrogens (tertiary/aromatic N) is 2. The number of aromatic amines is 1. The minimum atomic E-state index is -0.0923. The lowest BCUT2D eigenvalue weighted by Crippen LogP contribution is -2.47.